The van der Waals surface area contributed by atoms with E-state index in [9.17, 15) is 0 Å². The Kier molecular flexibility index (Phi) is 7.79. The van der Waals surface area contributed by atoms with Crippen LogP contribution in [0.15, 0.2) is 24.8 Å². The van der Waals surface area contributed by atoms with Crippen molar-refractivity contribution in [2.45, 2.75) is 84.9 Å². The van der Waals surface area contributed by atoms with Crippen LogP contribution in [0.4, 0.5) is 0 Å². The van der Waals surface area contributed by atoms with Crippen molar-refractivity contribution in [3.05, 3.63) is 35.9 Å². The molecule has 0 unspecified atom stereocenters. The molecule has 0 fully saturated rings. The van der Waals surface area contributed by atoms with Gasteiger partial charge in [-0.15, -0.1) is 0 Å². The lowest BCUT2D eigenvalue weighted by molar-refractivity contribution is 0.298. The second-order valence-corrected chi connectivity index (χ2v) is 13.6. The average Bonchev–Trinajstić information content (AvgIpc) is 2.51. The van der Waals surface area contributed by atoms with Gasteiger partial charge in [0.1, 0.15) is 11.5 Å². The molecule has 2 nitrogen and oxygen atoms in total. The fourth-order valence-corrected chi connectivity index (χ4v) is 9.39. The molecule has 1 aromatic carbocycles. The largest absolute Gasteiger partial charge is 0.543 e. The summed E-state index contributed by atoms with van der Waals surface area (Å²) < 4.78 is 12.5. The van der Waals surface area contributed by atoms with Crippen molar-refractivity contribution in [1.82, 2.24) is 0 Å². The zero-order chi connectivity index (χ0) is 19.4. The summed E-state index contributed by atoms with van der Waals surface area (Å²) in [5, 5.41) is 0. The van der Waals surface area contributed by atoms with Crippen LogP contribution in [-0.4, -0.2) is 14.9 Å². The lowest BCUT2D eigenvalue weighted by Crippen LogP contribution is -2.50. The predicted molar refractivity (Wildman–Crippen MR) is 113 cm³/mol. The summed E-state index contributed by atoms with van der Waals surface area (Å²) >= 11 is 0. The molecule has 0 aliphatic heterocycles. The first-order valence-electron chi connectivity index (χ1n) is 9.72. The van der Waals surface area contributed by atoms with Crippen molar-refractivity contribution >= 4 is 14.1 Å². The molecule has 0 saturated carbocycles. The van der Waals surface area contributed by atoms with Gasteiger partial charge in [0.2, 0.25) is 0 Å². The van der Waals surface area contributed by atoms with E-state index in [2.05, 4.69) is 80.2 Å². The van der Waals surface area contributed by atoms with E-state index in [0.717, 1.165) is 17.1 Å². The highest BCUT2D eigenvalue weighted by Gasteiger charge is 2.47. The summed E-state index contributed by atoms with van der Waals surface area (Å²) in [7, 11) is -1.94. The Bertz CT molecular complexity index is 552. The fourth-order valence-electron chi connectivity index (χ4n) is 4.15. The average molecular weight is 363 g/mol. The molecule has 0 amide bonds. The van der Waals surface area contributed by atoms with Crippen LogP contribution in [0.3, 0.4) is 0 Å². The second kappa shape index (κ2) is 8.93. The van der Waals surface area contributed by atoms with Gasteiger partial charge in [0.15, 0.2) is 0 Å². The van der Waals surface area contributed by atoms with Gasteiger partial charge < -0.3 is 9.16 Å². The first-order chi connectivity index (χ1) is 11.6. The van der Waals surface area contributed by atoms with Crippen molar-refractivity contribution < 1.29 is 9.16 Å². The Labute approximate surface area is 156 Å². The van der Waals surface area contributed by atoms with Gasteiger partial charge in [-0.3, -0.25) is 0 Å². The van der Waals surface area contributed by atoms with Crippen LogP contribution in [-0.2, 0) is 4.74 Å². The maximum Gasteiger partial charge on any atom is 0.258 e. The number of benzene rings is 1. The first-order valence-corrected chi connectivity index (χ1v) is 11.9. The summed E-state index contributed by atoms with van der Waals surface area (Å²) in [5.74, 6) is 2.14. The molecule has 1 rings (SSSR count). The molecule has 142 valence electrons. The number of ether oxygens (including phenoxy) is 1. The number of hydrogen-bond donors (Lipinski definition) is 0. The van der Waals surface area contributed by atoms with E-state index in [4.69, 9.17) is 9.16 Å². The summed E-state index contributed by atoms with van der Waals surface area (Å²) in [4.78, 5) is 0. The molecule has 0 saturated heterocycles. The van der Waals surface area contributed by atoms with E-state index >= 15 is 0 Å². The van der Waals surface area contributed by atoms with Gasteiger partial charge in [0.25, 0.3) is 8.32 Å². The molecular formula is C22H38O2Si. The van der Waals surface area contributed by atoms with Gasteiger partial charge >= 0.3 is 0 Å². The lowest BCUT2D eigenvalue weighted by atomic mass is 9.96. The predicted octanol–water partition coefficient (Wildman–Crippen LogP) is 7.37. The summed E-state index contributed by atoms with van der Waals surface area (Å²) in [6.07, 6.45) is 0. The summed E-state index contributed by atoms with van der Waals surface area (Å²) in [5.41, 5.74) is 4.03. The van der Waals surface area contributed by atoms with Crippen molar-refractivity contribution in [1.29, 1.82) is 0 Å². The Balaban J connectivity index is 3.34. The van der Waals surface area contributed by atoms with Gasteiger partial charge in [-0.1, -0.05) is 62.0 Å². The fraction of sp³-hybridized carbons (Fsp3) is 0.636. The minimum absolute atomic E-state index is 0.393. The maximum absolute atomic E-state index is 6.84. The normalized spacial score (nSPS) is 12.4. The third kappa shape index (κ3) is 4.69. The second-order valence-electron chi connectivity index (χ2n) is 8.18. The van der Waals surface area contributed by atoms with Crippen LogP contribution in [0, 0.1) is 0 Å². The van der Waals surface area contributed by atoms with E-state index in [1.807, 2.05) is 6.92 Å². The van der Waals surface area contributed by atoms with Gasteiger partial charge in [0.05, 0.1) is 6.61 Å². The zero-order valence-electron chi connectivity index (χ0n) is 17.8. The van der Waals surface area contributed by atoms with Gasteiger partial charge in [-0.2, -0.15) is 0 Å². The maximum atomic E-state index is 6.84. The van der Waals surface area contributed by atoms with Crippen LogP contribution in [0.5, 0.6) is 5.75 Å². The lowest BCUT2D eigenvalue weighted by Gasteiger charge is -2.42. The standard InChI is InChI=1S/C22H38O2Si/c1-11-23-19(10)21-13-12-20(14-22(21)15(2)3)24-25(16(4)5,17(6)7)18(8)9/h12-18H,10-11H2,1-9H3. The third-order valence-corrected chi connectivity index (χ3v) is 11.3. The molecule has 1 aromatic rings. The Morgan fingerprint density at radius 1 is 0.960 bits per heavy atom. The minimum Gasteiger partial charge on any atom is -0.543 e. The van der Waals surface area contributed by atoms with E-state index in [0.29, 0.717) is 29.1 Å². The van der Waals surface area contributed by atoms with Crippen molar-refractivity contribution in [3.63, 3.8) is 0 Å². The Morgan fingerprint density at radius 2 is 1.48 bits per heavy atom. The smallest absolute Gasteiger partial charge is 0.258 e. The van der Waals surface area contributed by atoms with E-state index in [1.165, 1.54) is 5.56 Å². The van der Waals surface area contributed by atoms with Gasteiger partial charge in [-0.25, -0.2) is 0 Å². The van der Waals surface area contributed by atoms with E-state index in [-0.39, 0.29) is 0 Å². The SMILES string of the molecule is C=C(OCC)c1ccc(O[Si](C(C)C)(C(C)C)C(C)C)cc1C(C)C. The Hall–Kier alpha value is -1.22. The van der Waals surface area contributed by atoms with E-state index < -0.39 is 8.32 Å². The molecule has 0 atom stereocenters. The molecule has 0 radical (unpaired) electrons. The molecule has 0 aliphatic carbocycles. The van der Waals surface area contributed by atoms with Gasteiger partial charge in [0, 0.05) is 5.56 Å². The summed E-state index contributed by atoms with van der Waals surface area (Å²) in [6, 6.07) is 6.42. The molecule has 0 N–H and O–H groups in total. The minimum atomic E-state index is -1.94. The molecule has 25 heavy (non-hydrogen) atoms. The topological polar surface area (TPSA) is 18.5 Å². The van der Waals surface area contributed by atoms with Crippen LogP contribution in [0.1, 0.15) is 79.4 Å². The molecular weight excluding hydrogens is 324 g/mol. The molecule has 0 spiro atoms. The van der Waals surface area contributed by atoms with Crippen LogP contribution >= 0.6 is 0 Å². The zero-order valence-corrected chi connectivity index (χ0v) is 18.8. The third-order valence-electron chi connectivity index (χ3n) is 5.27. The number of hydrogen-bond acceptors (Lipinski definition) is 2. The van der Waals surface area contributed by atoms with Gasteiger partial charge in [-0.05, 0) is 53.2 Å². The molecule has 0 bridgehead atoms. The van der Waals surface area contributed by atoms with Crippen molar-refractivity contribution in [2.24, 2.45) is 0 Å². The first kappa shape index (κ1) is 21.8. The van der Waals surface area contributed by atoms with Crippen LogP contribution < -0.4 is 4.43 Å². The Morgan fingerprint density at radius 3 is 1.88 bits per heavy atom. The summed E-state index contributed by atoms with van der Waals surface area (Å²) in [6.45, 7) is 25.1. The molecule has 0 heterocycles. The monoisotopic (exact) mass is 362 g/mol. The van der Waals surface area contributed by atoms with E-state index in [1.54, 1.807) is 0 Å². The quantitative estimate of drug-likeness (QED) is 0.337. The van der Waals surface area contributed by atoms with Crippen LogP contribution in [0.2, 0.25) is 16.6 Å². The molecule has 3 heteroatoms. The van der Waals surface area contributed by atoms with Crippen molar-refractivity contribution in [3.8, 4) is 5.75 Å². The van der Waals surface area contributed by atoms with Crippen molar-refractivity contribution in [2.75, 3.05) is 6.61 Å². The highest BCUT2D eigenvalue weighted by atomic mass is 28.4. The highest BCUT2D eigenvalue weighted by molar-refractivity contribution is 6.78. The van der Waals surface area contributed by atoms with Crippen LogP contribution in [0.25, 0.3) is 5.76 Å². The molecule has 0 aromatic heterocycles. The molecule has 0 aliphatic rings. The number of rotatable bonds is 9. The highest BCUT2D eigenvalue weighted by Crippen LogP contribution is 2.43.